The van der Waals surface area contributed by atoms with Crippen molar-refractivity contribution in [3.8, 4) is 12.3 Å². The van der Waals surface area contributed by atoms with Crippen LogP contribution in [0.1, 0.15) is 24.7 Å². The van der Waals surface area contributed by atoms with E-state index in [1.54, 1.807) is 0 Å². The second-order valence-electron chi connectivity index (χ2n) is 4.17. The van der Waals surface area contributed by atoms with Crippen LogP contribution in [-0.4, -0.2) is 30.0 Å². The van der Waals surface area contributed by atoms with Crippen molar-refractivity contribution in [3.63, 3.8) is 0 Å². The SMILES string of the molecule is C#CCN(C)Cc1cccc(CNCCC)n1. The van der Waals surface area contributed by atoms with Crippen LogP contribution < -0.4 is 5.32 Å². The number of nitrogens with one attached hydrogen (secondary N) is 1. The highest BCUT2D eigenvalue weighted by Crippen LogP contribution is 2.02. The molecule has 0 bridgehead atoms. The van der Waals surface area contributed by atoms with Gasteiger partial charge in [-0.15, -0.1) is 6.42 Å². The van der Waals surface area contributed by atoms with Crippen molar-refractivity contribution in [1.29, 1.82) is 0 Å². The molecule has 0 amide bonds. The minimum atomic E-state index is 0.653. The highest BCUT2D eigenvalue weighted by molar-refractivity contribution is 5.11. The van der Waals surface area contributed by atoms with E-state index in [9.17, 15) is 0 Å². The molecule has 1 aromatic heterocycles. The van der Waals surface area contributed by atoms with Crippen LogP contribution in [-0.2, 0) is 13.1 Å². The van der Waals surface area contributed by atoms with Gasteiger partial charge in [0.25, 0.3) is 0 Å². The number of terminal acetylenes is 1. The van der Waals surface area contributed by atoms with Crippen molar-refractivity contribution in [1.82, 2.24) is 15.2 Å². The van der Waals surface area contributed by atoms with E-state index in [0.29, 0.717) is 6.54 Å². The van der Waals surface area contributed by atoms with Crippen molar-refractivity contribution in [2.24, 2.45) is 0 Å². The minimum Gasteiger partial charge on any atom is -0.311 e. The molecule has 0 saturated carbocycles. The normalized spacial score (nSPS) is 10.5. The van der Waals surface area contributed by atoms with Gasteiger partial charge in [-0.2, -0.15) is 0 Å². The van der Waals surface area contributed by atoms with Crippen LogP contribution in [0.3, 0.4) is 0 Å². The number of hydrogen-bond acceptors (Lipinski definition) is 3. The van der Waals surface area contributed by atoms with Crippen molar-refractivity contribution in [3.05, 3.63) is 29.6 Å². The number of aromatic nitrogens is 1. The smallest absolute Gasteiger partial charge is 0.0599 e. The molecule has 0 saturated heterocycles. The first-order valence-corrected chi connectivity index (χ1v) is 6.03. The van der Waals surface area contributed by atoms with Gasteiger partial charge in [0.15, 0.2) is 0 Å². The maximum absolute atomic E-state index is 5.27. The van der Waals surface area contributed by atoms with Gasteiger partial charge >= 0.3 is 0 Å². The number of hydrogen-bond donors (Lipinski definition) is 1. The van der Waals surface area contributed by atoms with Crippen LogP contribution in [0.4, 0.5) is 0 Å². The number of pyridine rings is 1. The van der Waals surface area contributed by atoms with Gasteiger partial charge in [-0.25, -0.2) is 0 Å². The topological polar surface area (TPSA) is 28.2 Å². The highest BCUT2D eigenvalue weighted by atomic mass is 15.1. The van der Waals surface area contributed by atoms with Gasteiger partial charge in [0.1, 0.15) is 0 Å². The molecule has 92 valence electrons. The molecule has 1 rings (SSSR count). The predicted molar refractivity (Wildman–Crippen MR) is 71.4 cm³/mol. The van der Waals surface area contributed by atoms with E-state index in [0.717, 1.165) is 37.4 Å². The molecule has 0 unspecified atom stereocenters. The van der Waals surface area contributed by atoms with E-state index < -0.39 is 0 Å². The first kappa shape index (κ1) is 13.7. The van der Waals surface area contributed by atoms with Crippen LogP contribution in [0.15, 0.2) is 18.2 Å². The van der Waals surface area contributed by atoms with Gasteiger partial charge in [-0.05, 0) is 32.1 Å². The molecule has 0 aliphatic carbocycles. The lowest BCUT2D eigenvalue weighted by atomic mass is 10.3. The molecule has 0 fully saturated rings. The van der Waals surface area contributed by atoms with Gasteiger partial charge in [0.05, 0.1) is 17.9 Å². The van der Waals surface area contributed by atoms with Crippen molar-refractivity contribution in [2.75, 3.05) is 20.1 Å². The highest BCUT2D eigenvalue weighted by Gasteiger charge is 2.01. The van der Waals surface area contributed by atoms with Crippen LogP contribution in [0, 0.1) is 12.3 Å². The second kappa shape index (κ2) is 7.83. The third-order valence-corrected chi connectivity index (χ3v) is 2.39. The molecule has 1 N–H and O–H groups in total. The van der Waals surface area contributed by atoms with Crippen LogP contribution >= 0.6 is 0 Å². The van der Waals surface area contributed by atoms with Crippen molar-refractivity contribution >= 4 is 0 Å². The summed E-state index contributed by atoms with van der Waals surface area (Å²) in [5.41, 5.74) is 2.16. The van der Waals surface area contributed by atoms with Crippen molar-refractivity contribution < 1.29 is 0 Å². The Morgan fingerprint density at radius 1 is 1.41 bits per heavy atom. The Balaban J connectivity index is 2.50. The van der Waals surface area contributed by atoms with E-state index in [4.69, 9.17) is 6.42 Å². The van der Waals surface area contributed by atoms with E-state index >= 15 is 0 Å². The molecule has 0 aromatic carbocycles. The monoisotopic (exact) mass is 231 g/mol. The summed E-state index contributed by atoms with van der Waals surface area (Å²) in [7, 11) is 2.00. The molecule has 1 heterocycles. The predicted octanol–water partition coefficient (Wildman–Crippen LogP) is 1.65. The van der Waals surface area contributed by atoms with Gasteiger partial charge in [0.2, 0.25) is 0 Å². The standard InChI is InChI=1S/C14H21N3/c1-4-9-15-11-13-7-6-8-14(16-13)12-17(3)10-5-2/h2,6-8,15H,4,9-12H2,1,3H3. The first-order chi connectivity index (χ1) is 8.26. The summed E-state index contributed by atoms with van der Waals surface area (Å²) in [5.74, 6) is 2.63. The van der Waals surface area contributed by atoms with Gasteiger partial charge < -0.3 is 5.32 Å². The van der Waals surface area contributed by atoms with E-state index in [1.807, 2.05) is 19.2 Å². The Morgan fingerprint density at radius 3 is 2.88 bits per heavy atom. The lowest BCUT2D eigenvalue weighted by Crippen LogP contribution is -2.20. The summed E-state index contributed by atoms with van der Waals surface area (Å²) in [6.45, 7) is 5.47. The average Bonchev–Trinajstić information content (AvgIpc) is 2.30. The molecule has 0 radical (unpaired) electrons. The molecule has 0 atom stereocenters. The maximum atomic E-state index is 5.27. The lowest BCUT2D eigenvalue weighted by Gasteiger charge is -2.13. The minimum absolute atomic E-state index is 0.653. The van der Waals surface area contributed by atoms with Gasteiger partial charge in [-0.1, -0.05) is 18.9 Å². The number of nitrogens with zero attached hydrogens (tertiary/aromatic N) is 2. The fourth-order valence-electron chi connectivity index (χ4n) is 1.60. The fourth-order valence-corrected chi connectivity index (χ4v) is 1.60. The Hall–Kier alpha value is -1.37. The van der Waals surface area contributed by atoms with Gasteiger partial charge in [-0.3, -0.25) is 9.88 Å². The molecule has 3 heteroatoms. The Labute approximate surface area is 104 Å². The Morgan fingerprint density at radius 2 is 2.18 bits per heavy atom. The van der Waals surface area contributed by atoms with Gasteiger partial charge in [0, 0.05) is 13.1 Å². The molecule has 3 nitrogen and oxygen atoms in total. The van der Waals surface area contributed by atoms with E-state index in [2.05, 4.69) is 34.1 Å². The van der Waals surface area contributed by atoms with E-state index in [-0.39, 0.29) is 0 Å². The molecule has 0 aliphatic rings. The zero-order valence-electron chi connectivity index (χ0n) is 10.7. The quantitative estimate of drug-likeness (QED) is 0.571. The lowest BCUT2D eigenvalue weighted by molar-refractivity contribution is 0.363. The van der Waals surface area contributed by atoms with Crippen LogP contribution in [0.5, 0.6) is 0 Å². The summed E-state index contributed by atoms with van der Waals surface area (Å²) in [5, 5.41) is 3.35. The first-order valence-electron chi connectivity index (χ1n) is 6.03. The largest absolute Gasteiger partial charge is 0.311 e. The number of rotatable bonds is 7. The Bertz CT molecular complexity index is 368. The average molecular weight is 231 g/mol. The maximum Gasteiger partial charge on any atom is 0.0599 e. The summed E-state index contributed by atoms with van der Waals surface area (Å²) in [4.78, 5) is 6.67. The zero-order valence-corrected chi connectivity index (χ0v) is 10.7. The summed E-state index contributed by atoms with van der Waals surface area (Å²) in [6.07, 6.45) is 6.42. The molecular weight excluding hydrogens is 210 g/mol. The summed E-state index contributed by atoms with van der Waals surface area (Å²) >= 11 is 0. The summed E-state index contributed by atoms with van der Waals surface area (Å²) in [6, 6.07) is 6.14. The Kier molecular flexibility index (Phi) is 6.31. The third-order valence-electron chi connectivity index (χ3n) is 2.39. The molecular formula is C14H21N3. The molecule has 17 heavy (non-hydrogen) atoms. The fraction of sp³-hybridized carbons (Fsp3) is 0.500. The molecule has 1 aromatic rings. The van der Waals surface area contributed by atoms with Crippen molar-refractivity contribution in [2.45, 2.75) is 26.4 Å². The van der Waals surface area contributed by atoms with Crippen LogP contribution in [0.2, 0.25) is 0 Å². The third kappa shape index (κ3) is 5.48. The molecule has 0 spiro atoms. The second-order valence-corrected chi connectivity index (χ2v) is 4.17. The van der Waals surface area contributed by atoms with E-state index in [1.165, 1.54) is 0 Å². The van der Waals surface area contributed by atoms with Crippen LogP contribution in [0.25, 0.3) is 0 Å². The summed E-state index contributed by atoms with van der Waals surface area (Å²) < 4.78 is 0. The zero-order chi connectivity index (χ0) is 12.5. The molecule has 0 aliphatic heterocycles.